The summed E-state index contributed by atoms with van der Waals surface area (Å²) in [7, 11) is 0. The maximum Gasteiger partial charge on any atom is 0.148 e. The summed E-state index contributed by atoms with van der Waals surface area (Å²) in [5, 5.41) is 6.41. The Hall–Kier alpha value is -1.56. The van der Waals surface area contributed by atoms with Gasteiger partial charge in [-0.1, -0.05) is 0 Å². The highest BCUT2D eigenvalue weighted by molar-refractivity contribution is 6.99. The van der Waals surface area contributed by atoms with E-state index in [0.717, 1.165) is 5.69 Å². The highest BCUT2D eigenvalue weighted by Crippen LogP contribution is 2.00. The van der Waals surface area contributed by atoms with Crippen LogP contribution in [0.25, 0.3) is 12.2 Å². The molecule has 2 aromatic rings. The van der Waals surface area contributed by atoms with Crippen molar-refractivity contribution in [3.63, 3.8) is 0 Å². The molecule has 0 spiro atoms. The lowest BCUT2D eigenvalue weighted by Gasteiger charge is -1.79. The van der Waals surface area contributed by atoms with Gasteiger partial charge >= 0.3 is 0 Å². The normalized spacial score (nSPS) is 11.0. The first-order chi connectivity index (χ1) is 5.95. The van der Waals surface area contributed by atoms with Crippen LogP contribution in [-0.2, 0) is 0 Å². The molecule has 0 aliphatic carbocycles. The lowest BCUT2D eigenvalue weighted by atomic mass is 10.4. The average Bonchev–Trinajstić information content (AvgIpc) is 2.74. The van der Waals surface area contributed by atoms with Crippen LogP contribution in [0.5, 0.6) is 0 Å². The third-order valence-corrected chi connectivity index (χ3v) is 1.72. The van der Waals surface area contributed by atoms with Crippen molar-refractivity contribution in [1.29, 1.82) is 0 Å². The van der Waals surface area contributed by atoms with Crippen LogP contribution in [0.2, 0.25) is 0 Å². The standard InChI is InChI=1S/C6H5N5S/c1(5-3-9-12-11-5)2-6-7-4-8-10-6/h1-4H,(H,7,8,10)/b2-1+. The molecule has 0 bridgehead atoms. The zero-order valence-electron chi connectivity index (χ0n) is 6.01. The van der Waals surface area contributed by atoms with E-state index in [0.29, 0.717) is 5.82 Å². The lowest BCUT2D eigenvalue weighted by Crippen LogP contribution is -1.74. The second-order valence-electron chi connectivity index (χ2n) is 2.04. The Labute approximate surface area is 72.5 Å². The number of hydrogen-bond donors (Lipinski definition) is 1. The van der Waals surface area contributed by atoms with Crippen LogP contribution in [0, 0.1) is 0 Å². The minimum atomic E-state index is 0.711. The van der Waals surface area contributed by atoms with Gasteiger partial charge in [-0.2, -0.15) is 13.8 Å². The van der Waals surface area contributed by atoms with E-state index >= 15 is 0 Å². The smallest absolute Gasteiger partial charge is 0.148 e. The molecule has 2 aromatic heterocycles. The monoisotopic (exact) mass is 179 g/mol. The van der Waals surface area contributed by atoms with Crippen LogP contribution in [-0.4, -0.2) is 23.9 Å². The minimum absolute atomic E-state index is 0.711. The zero-order valence-corrected chi connectivity index (χ0v) is 6.82. The highest BCUT2D eigenvalue weighted by Gasteiger charge is 1.90. The first kappa shape index (κ1) is 7.11. The van der Waals surface area contributed by atoms with Crippen molar-refractivity contribution in [2.75, 3.05) is 0 Å². The van der Waals surface area contributed by atoms with E-state index in [4.69, 9.17) is 0 Å². The van der Waals surface area contributed by atoms with Crippen molar-refractivity contribution in [2.45, 2.75) is 0 Å². The molecular formula is C6H5N5S. The summed E-state index contributed by atoms with van der Waals surface area (Å²) in [5.41, 5.74) is 0.830. The van der Waals surface area contributed by atoms with Crippen LogP contribution in [0.4, 0.5) is 0 Å². The molecular weight excluding hydrogens is 174 g/mol. The number of aromatic nitrogens is 5. The SMILES string of the molecule is C(=C\c1ncn[nH]1)/c1cnsn1. The molecule has 5 nitrogen and oxygen atoms in total. The van der Waals surface area contributed by atoms with Crippen molar-refractivity contribution in [1.82, 2.24) is 23.9 Å². The van der Waals surface area contributed by atoms with Gasteiger partial charge in [0.2, 0.25) is 0 Å². The van der Waals surface area contributed by atoms with Gasteiger partial charge < -0.3 is 0 Å². The van der Waals surface area contributed by atoms with Crippen molar-refractivity contribution in [3.8, 4) is 0 Å². The van der Waals surface area contributed by atoms with E-state index in [2.05, 4.69) is 23.9 Å². The summed E-state index contributed by atoms with van der Waals surface area (Å²) in [6, 6.07) is 0. The van der Waals surface area contributed by atoms with Gasteiger partial charge in [0.25, 0.3) is 0 Å². The first-order valence-electron chi connectivity index (χ1n) is 3.26. The maximum atomic E-state index is 4.00. The molecule has 0 amide bonds. The van der Waals surface area contributed by atoms with Gasteiger partial charge in [-0.3, -0.25) is 5.10 Å². The van der Waals surface area contributed by atoms with Crippen LogP contribution >= 0.6 is 11.7 Å². The van der Waals surface area contributed by atoms with Gasteiger partial charge in [-0.25, -0.2) is 4.98 Å². The van der Waals surface area contributed by atoms with E-state index in [1.165, 1.54) is 18.1 Å². The molecule has 1 N–H and O–H groups in total. The molecule has 12 heavy (non-hydrogen) atoms. The Morgan fingerprint density at radius 1 is 1.42 bits per heavy atom. The van der Waals surface area contributed by atoms with E-state index in [1.54, 1.807) is 12.3 Å². The van der Waals surface area contributed by atoms with E-state index in [-0.39, 0.29) is 0 Å². The topological polar surface area (TPSA) is 67.3 Å². The fourth-order valence-corrected chi connectivity index (χ4v) is 1.11. The Morgan fingerprint density at radius 3 is 3.08 bits per heavy atom. The molecule has 0 aliphatic heterocycles. The molecule has 0 atom stereocenters. The molecule has 60 valence electrons. The zero-order chi connectivity index (χ0) is 8.23. The fraction of sp³-hybridized carbons (Fsp3) is 0. The quantitative estimate of drug-likeness (QED) is 0.741. The van der Waals surface area contributed by atoms with Crippen LogP contribution < -0.4 is 0 Å². The second-order valence-corrected chi connectivity index (χ2v) is 2.59. The molecule has 6 heteroatoms. The van der Waals surface area contributed by atoms with Crippen LogP contribution in [0.3, 0.4) is 0 Å². The molecule has 0 radical (unpaired) electrons. The van der Waals surface area contributed by atoms with Crippen LogP contribution in [0.1, 0.15) is 11.5 Å². The number of nitrogens with zero attached hydrogens (tertiary/aromatic N) is 4. The number of aromatic amines is 1. The number of hydrogen-bond acceptors (Lipinski definition) is 5. The van der Waals surface area contributed by atoms with Gasteiger partial charge in [-0.15, -0.1) is 0 Å². The van der Waals surface area contributed by atoms with E-state index < -0.39 is 0 Å². The largest absolute Gasteiger partial charge is 0.260 e. The van der Waals surface area contributed by atoms with Gasteiger partial charge in [-0.05, 0) is 12.2 Å². The molecule has 0 unspecified atom stereocenters. The van der Waals surface area contributed by atoms with Crippen LogP contribution in [0.15, 0.2) is 12.5 Å². The number of H-pyrrole nitrogens is 1. The Bertz CT molecular complexity index is 313. The number of nitrogens with one attached hydrogen (secondary N) is 1. The van der Waals surface area contributed by atoms with Gasteiger partial charge in [0, 0.05) is 0 Å². The molecule has 0 fully saturated rings. The third kappa shape index (κ3) is 1.54. The maximum absolute atomic E-state index is 4.00. The first-order valence-corrected chi connectivity index (χ1v) is 3.99. The molecule has 0 aromatic carbocycles. The van der Waals surface area contributed by atoms with Crippen molar-refractivity contribution >= 4 is 23.9 Å². The summed E-state index contributed by atoms with van der Waals surface area (Å²) in [6.45, 7) is 0. The molecule has 0 saturated heterocycles. The summed E-state index contributed by atoms with van der Waals surface area (Å²) >= 11 is 1.18. The Kier molecular flexibility index (Phi) is 1.91. The van der Waals surface area contributed by atoms with Gasteiger partial charge in [0.1, 0.15) is 12.2 Å². The van der Waals surface area contributed by atoms with E-state index in [9.17, 15) is 0 Å². The Balaban J connectivity index is 2.14. The van der Waals surface area contributed by atoms with Gasteiger partial charge in [0.15, 0.2) is 0 Å². The molecule has 0 saturated carbocycles. The third-order valence-electron chi connectivity index (χ3n) is 1.22. The fourth-order valence-electron chi connectivity index (χ4n) is 0.705. The summed E-state index contributed by atoms with van der Waals surface area (Å²) in [6.07, 6.45) is 6.77. The van der Waals surface area contributed by atoms with Crippen molar-refractivity contribution in [3.05, 3.63) is 24.0 Å². The predicted molar refractivity (Wildman–Crippen MR) is 45.2 cm³/mol. The summed E-state index contributed by atoms with van der Waals surface area (Å²) in [5.74, 6) is 0.711. The molecule has 0 aliphatic rings. The van der Waals surface area contributed by atoms with Gasteiger partial charge in [0.05, 0.1) is 23.6 Å². The van der Waals surface area contributed by atoms with Crippen molar-refractivity contribution < 1.29 is 0 Å². The number of rotatable bonds is 2. The summed E-state index contributed by atoms with van der Waals surface area (Å²) < 4.78 is 7.85. The minimum Gasteiger partial charge on any atom is -0.260 e. The highest BCUT2D eigenvalue weighted by atomic mass is 32.1. The van der Waals surface area contributed by atoms with E-state index in [1.807, 2.05) is 6.08 Å². The molecule has 2 heterocycles. The molecule has 2 rings (SSSR count). The second kappa shape index (κ2) is 3.22. The summed E-state index contributed by atoms with van der Waals surface area (Å²) in [4.78, 5) is 3.92. The average molecular weight is 179 g/mol. The lowest BCUT2D eigenvalue weighted by molar-refractivity contribution is 1.08. The predicted octanol–water partition coefficient (Wildman–Crippen LogP) is 0.827. The Morgan fingerprint density at radius 2 is 2.42 bits per heavy atom. The van der Waals surface area contributed by atoms with Crippen molar-refractivity contribution in [2.24, 2.45) is 0 Å².